The summed E-state index contributed by atoms with van der Waals surface area (Å²) in [7, 11) is 3.50. The van der Waals surface area contributed by atoms with E-state index in [1.807, 2.05) is 0 Å². The van der Waals surface area contributed by atoms with Gasteiger partial charge in [0.2, 0.25) is 0 Å². The second-order valence-corrected chi connectivity index (χ2v) is 3.96. The molecule has 0 aliphatic heterocycles. The minimum atomic E-state index is 0.475. The molecule has 0 aliphatic carbocycles. The third-order valence-electron chi connectivity index (χ3n) is 2.33. The zero-order chi connectivity index (χ0) is 10.8. The van der Waals surface area contributed by atoms with Gasteiger partial charge in [-0.15, -0.1) is 0 Å². The summed E-state index contributed by atoms with van der Waals surface area (Å²) in [4.78, 5) is 0. The highest BCUT2D eigenvalue weighted by molar-refractivity contribution is 4.69. The van der Waals surface area contributed by atoms with E-state index in [0.29, 0.717) is 12.0 Å². The van der Waals surface area contributed by atoms with Crippen molar-refractivity contribution in [3.05, 3.63) is 0 Å². The molecule has 0 fully saturated rings. The van der Waals surface area contributed by atoms with Crippen LogP contribution in [0, 0.1) is 5.92 Å². The molecule has 0 spiro atoms. The molecule has 3 heteroatoms. The monoisotopic (exact) mass is 203 g/mol. The van der Waals surface area contributed by atoms with Crippen LogP contribution in [0.3, 0.4) is 0 Å². The molecule has 0 aromatic heterocycles. The molecule has 0 aliphatic rings. The lowest BCUT2D eigenvalue weighted by Crippen LogP contribution is -2.38. The molecule has 0 heterocycles. The first-order valence-corrected chi connectivity index (χ1v) is 5.43. The van der Waals surface area contributed by atoms with Crippen molar-refractivity contribution in [1.29, 1.82) is 0 Å². The van der Waals surface area contributed by atoms with Gasteiger partial charge >= 0.3 is 0 Å². The second-order valence-electron chi connectivity index (χ2n) is 3.96. The molecule has 3 nitrogen and oxygen atoms in total. The van der Waals surface area contributed by atoms with Crippen molar-refractivity contribution >= 4 is 0 Å². The maximum atomic E-state index is 5.16. The Kier molecular flexibility index (Phi) is 9.35. The number of ether oxygens (including phenoxy) is 2. The van der Waals surface area contributed by atoms with Gasteiger partial charge in [0.25, 0.3) is 0 Å². The van der Waals surface area contributed by atoms with E-state index in [1.54, 1.807) is 14.2 Å². The Bertz CT molecular complexity index is 118. The molecule has 14 heavy (non-hydrogen) atoms. The largest absolute Gasteiger partial charge is 0.385 e. The van der Waals surface area contributed by atoms with Crippen LogP contribution in [0.4, 0.5) is 0 Å². The molecule has 1 N–H and O–H groups in total. The fraction of sp³-hybridized carbons (Fsp3) is 1.00. The summed E-state index contributed by atoms with van der Waals surface area (Å²) in [5.41, 5.74) is 0. The number of unbranched alkanes of at least 4 members (excludes halogenated alkanes) is 1. The SMILES string of the molecule is COCCCCNC(COC)C(C)C. The van der Waals surface area contributed by atoms with Crippen molar-refractivity contribution in [3.8, 4) is 0 Å². The summed E-state index contributed by atoms with van der Waals surface area (Å²) in [5.74, 6) is 0.623. The maximum absolute atomic E-state index is 5.16. The van der Waals surface area contributed by atoms with Crippen LogP contribution in [0.1, 0.15) is 26.7 Å². The number of rotatable bonds is 9. The summed E-state index contributed by atoms with van der Waals surface area (Å²) in [6.07, 6.45) is 2.29. The summed E-state index contributed by atoms with van der Waals surface area (Å²) in [6, 6.07) is 0.475. The van der Waals surface area contributed by atoms with E-state index in [0.717, 1.165) is 26.2 Å². The van der Waals surface area contributed by atoms with Crippen LogP contribution in [0.2, 0.25) is 0 Å². The maximum Gasteiger partial charge on any atom is 0.0618 e. The van der Waals surface area contributed by atoms with Crippen LogP contribution in [0.15, 0.2) is 0 Å². The lowest BCUT2D eigenvalue weighted by Gasteiger charge is -2.21. The zero-order valence-corrected chi connectivity index (χ0v) is 10.0. The van der Waals surface area contributed by atoms with E-state index in [1.165, 1.54) is 6.42 Å². The normalized spacial score (nSPS) is 13.5. The Morgan fingerprint density at radius 1 is 1.07 bits per heavy atom. The number of hydrogen-bond acceptors (Lipinski definition) is 3. The molecule has 86 valence electrons. The predicted octanol–water partition coefficient (Wildman–Crippen LogP) is 1.67. The third kappa shape index (κ3) is 7.30. The quantitative estimate of drug-likeness (QED) is 0.578. The fourth-order valence-corrected chi connectivity index (χ4v) is 1.33. The van der Waals surface area contributed by atoms with Crippen molar-refractivity contribution in [2.24, 2.45) is 5.92 Å². The van der Waals surface area contributed by atoms with Crippen LogP contribution >= 0.6 is 0 Å². The topological polar surface area (TPSA) is 30.5 Å². The first-order chi connectivity index (χ1) is 6.72. The van der Waals surface area contributed by atoms with E-state index < -0.39 is 0 Å². The van der Waals surface area contributed by atoms with Gasteiger partial charge in [-0.05, 0) is 25.3 Å². The van der Waals surface area contributed by atoms with Gasteiger partial charge in [0.1, 0.15) is 0 Å². The van der Waals surface area contributed by atoms with Gasteiger partial charge in [-0.2, -0.15) is 0 Å². The van der Waals surface area contributed by atoms with Gasteiger partial charge in [0, 0.05) is 26.9 Å². The van der Waals surface area contributed by atoms with E-state index in [-0.39, 0.29) is 0 Å². The van der Waals surface area contributed by atoms with Gasteiger partial charge < -0.3 is 14.8 Å². The fourth-order valence-electron chi connectivity index (χ4n) is 1.33. The van der Waals surface area contributed by atoms with Crippen molar-refractivity contribution in [3.63, 3.8) is 0 Å². The minimum Gasteiger partial charge on any atom is -0.385 e. The molecule has 0 aromatic rings. The van der Waals surface area contributed by atoms with Crippen LogP contribution in [-0.4, -0.2) is 40.0 Å². The Morgan fingerprint density at radius 2 is 1.79 bits per heavy atom. The van der Waals surface area contributed by atoms with Gasteiger partial charge in [-0.1, -0.05) is 13.8 Å². The molecular formula is C11H25NO2. The van der Waals surface area contributed by atoms with Crippen LogP contribution in [0.5, 0.6) is 0 Å². The Labute approximate surface area is 88.2 Å². The van der Waals surface area contributed by atoms with Crippen molar-refractivity contribution < 1.29 is 9.47 Å². The van der Waals surface area contributed by atoms with Gasteiger partial charge in [0.05, 0.1) is 6.61 Å². The molecule has 0 saturated heterocycles. The number of hydrogen-bond donors (Lipinski definition) is 1. The first kappa shape index (κ1) is 13.9. The third-order valence-corrected chi connectivity index (χ3v) is 2.33. The zero-order valence-electron chi connectivity index (χ0n) is 10.0. The van der Waals surface area contributed by atoms with Crippen LogP contribution in [0.25, 0.3) is 0 Å². The summed E-state index contributed by atoms with van der Waals surface area (Å²) in [6.45, 7) is 7.13. The van der Waals surface area contributed by atoms with Crippen molar-refractivity contribution in [1.82, 2.24) is 5.32 Å². The lowest BCUT2D eigenvalue weighted by atomic mass is 10.1. The smallest absolute Gasteiger partial charge is 0.0618 e. The summed E-state index contributed by atoms with van der Waals surface area (Å²) < 4.78 is 10.1. The van der Waals surface area contributed by atoms with Crippen molar-refractivity contribution in [2.75, 3.05) is 34.0 Å². The Balaban J connectivity index is 3.41. The molecule has 0 amide bonds. The number of nitrogens with one attached hydrogen (secondary N) is 1. The van der Waals surface area contributed by atoms with Gasteiger partial charge in [-0.25, -0.2) is 0 Å². The highest BCUT2D eigenvalue weighted by atomic mass is 16.5. The molecular weight excluding hydrogens is 178 g/mol. The van der Waals surface area contributed by atoms with E-state index in [2.05, 4.69) is 19.2 Å². The van der Waals surface area contributed by atoms with Crippen molar-refractivity contribution in [2.45, 2.75) is 32.7 Å². The average molecular weight is 203 g/mol. The summed E-state index contributed by atoms with van der Waals surface area (Å²) >= 11 is 0. The highest BCUT2D eigenvalue weighted by Crippen LogP contribution is 2.02. The summed E-state index contributed by atoms with van der Waals surface area (Å²) in [5, 5.41) is 3.50. The van der Waals surface area contributed by atoms with E-state index >= 15 is 0 Å². The van der Waals surface area contributed by atoms with E-state index in [9.17, 15) is 0 Å². The van der Waals surface area contributed by atoms with Crippen LogP contribution in [-0.2, 0) is 9.47 Å². The molecule has 1 unspecified atom stereocenters. The van der Waals surface area contributed by atoms with Crippen LogP contribution < -0.4 is 5.32 Å². The van der Waals surface area contributed by atoms with Gasteiger partial charge in [0.15, 0.2) is 0 Å². The van der Waals surface area contributed by atoms with E-state index in [4.69, 9.17) is 9.47 Å². The molecule has 0 aromatic carbocycles. The molecule has 0 bridgehead atoms. The number of methoxy groups -OCH3 is 2. The predicted molar refractivity (Wildman–Crippen MR) is 59.6 cm³/mol. The standard InChI is InChI=1S/C11H25NO2/c1-10(2)11(9-14-4)12-7-5-6-8-13-3/h10-12H,5-9H2,1-4H3. The molecule has 1 atom stereocenters. The first-order valence-electron chi connectivity index (χ1n) is 5.43. The Hall–Kier alpha value is -0.120. The molecule has 0 radical (unpaired) electrons. The highest BCUT2D eigenvalue weighted by Gasteiger charge is 2.11. The molecule has 0 rings (SSSR count). The lowest BCUT2D eigenvalue weighted by molar-refractivity contribution is 0.145. The average Bonchev–Trinajstić information content (AvgIpc) is 2.15. The van der Waals surface area contributed by atoms with Gasteiger partial charge in [-0.3, -0.25) is 0 Å². The second kappa shape index (κ2) is 9.44. The minimum absolute atomic E-state index is 0.475. The Morgan fingerprint density at radius 3 is 2.29 bits per heavy atom. The molecule has 0 saturated carbocycles.